The minimum Gasteiger partial charge on any atom is -0.320 e. The van der Waals surface area contributed by atoms with E-state index >= 15 is 0 Å². The lowest BCUT2D eigenvalue weighted by Gasteiger charge is -2.25. The minimum atomic E-state index is -0.573. The zero-order valence-corrected chi connectivity index (χ0v) is 13.4. The number of hydrogen-bond donors (Lipinski definition) is 1. The van der Waals surface area contributed by atoms with Crippen LogP contribution in [0.2, 0.25) is 0 Å². The maximum absolute atomic E-state index is 12.5. The quantitative estimate of drug-likeness (QED) is 0.686. The lowest BCUT2D eigenvalue weighted by Crippen LogP contribution is -2.36. The van der Waals surface area contributed by atoms with Gasteiger partial charge in [-0.2, -0.15) is 0 Å². The minimum absolute atomic E-state index is 0.0644. The van der Waals surface area contributed by atoms with E-state index in [0.29, 0.717) is 19.5 Å². The van der Waals surface area contributed by atoms with Gasteiger partial charge in [-0.1, -0.05) is 25.7 Å². The van der Waals surface area contributed by atoms with Crippen LogP contribution < -0.4 is 5.73 Å². The van der Waals surface area contributed by atoms with Crippen LogP contribution in [0.15, 0.2) is 11.4 Å². The van der Waals surface area contributed by atoms with Gasteiger partial charge in [0, 0.05) is 22.2 Å². The van der Waals surface area contributed by atoms with Gasteiger partial charge < -0.3 is 5.73 Å². The van der Waals surface area contributed by atoms with E-state index in [1.807, 2.05) is 32.2 Å². The molecule has 0 radical (unpaired) electrons. The summed E-state index contributed by atoms with van der Waals surface area (Å²) >= 11 is 1.51. The number of thiophene rings is 1. The van der Waals surface area contributed by atoms with E-state index in [1.165, 1.54) is 16.2 Å². The molecule has 1 aliphatic heterocycles. The van der Waals surface area contributed by atoms with Crippen molar-refractivity contribution in [2.24, 2.45) is 17.1 Å². The van der Waals surface area contributed by atoms with Crippen molar-refractivity contribution < 1.29 is 9.59 Å². The van der Waals surface area contributed by atoms with Crippen molar-refractivity contribution in [3.8, 4) is 11.8 Å². The predicted molar refractivity (Wildman–Crippen MR) is 83.4 cm³/mol. The molecule has 0 spiro atoms. The lowest BCUT2D eigenvalue weighted by atomic mass is 9.78. The van der Waals surface area contributed by atoms with Crippen molar-refractivity contribution in [1.82, 2.24) is 4.90 Å². The standard InChI is InChI=1S/C16H20N2O2S/c1-11(2)16(3)8-14(19)18(15(16)20)9-13-7-12(10-21-13)5-4-6-17/h7,10-11H,6,8-9,17H2,1-3H3. The second-order valence-corrected chi connectivity index (χ2v) is 6.84. The highest BCUT2D eigenvalue weighted by Gasteiger charge is 2.49. The van der Waals surface area contributed by atoms with E-state index in [2.05, 4.69) is 11.8 Å². The number of nitrogens with zero attached hydrogens (tertiary/aromatic N) is 1. The van der Waals surface area contributed by atoms with Gasteiger partial charge in [0.15, 0.2) is 0 Å². The Balaban J connectivity index is 2.15. The summed E-state index contributed by atoms with van der Waals surface area (Å²) < 4.78 is 0. The monoisotopic (exact) mass is 304 g/mol. The van der Waals surface area contributed by atoms with Crippen molar-refractivity contribution >= 4 is 23.2 Å². The normalized spacial score (nSPS) is 21.9. The first-order chi connectivity index (χ1) is 9.88. The molecule has 0 aliphatic carbocycles. The first-order valence-corrected chi connectivity index (χ1v) is 7.87. The van der Waals surface area contributed by atoms with Crippen LogP contribution >= 0.6 is 11.3 Å². The third-order valence-electron chi connectivity index (χ3n) is 4.13. The number of imide groups is 1. The molecule has 5 heteroatoms. The van der Waals surface area contributed by atoms with Crippen LogP contribution in [0.25, 0.3) is 0 Å². The molecule has 1 saturated heterocycles. The van der Waals surface area contributed by atoms with Gasteiger partial charge in [0.25, 0.3) is 0 Å². The van der Waals surface area contributed by atoms with Gasteiger partial charge in [-0.15, -0.1) is 11.3 Å². The van der Waals surface area contributed by atoms with Crippen LogP contribution in [0.1, 0.15) is 37.6 Å². The third-order valence-corrected chi connectivity index (χ3v) is 5.05. The fourth-order valence-electron chi connectivity index (χ4n) is 2.36. The van der Waals surface area contributed by atoms with Gasteiger partial charge >= 0.3 is 0 Å². The first-order valence-electron chi connectivity index (χ1n) is 6.99. The van der Waals surface area contributed by atoms with Gasteiger partial charge in [-0.3, -0.25) is 14.5 Å². The highest BCUT2D eigenvalue weighted by atomic mass is 32.1. The molecule has 0 aromatic carbocycles. The van der Waals surface area contributed by atoms with Crippen molar-refractivity contribution in [2.45, 2.75) is 33.7 Å². The number of hydrogen-bond acceptors (Lipinski definition) is 4. The van der Waals surface area contributed by atoms with Crippen molar-refractivity contribution in [1.29, 1.82) is 0 Å². The topological polar surface area (TPSA) is 63.4 Å². The molecule has 21 heavy (non-hydrogen) atoms. The highest BCUT2D eigenvalue weighted by Crippen LogP contribution is 2.40. The van der Waals surface area contributed by atoms with Crippen molar-refractivity contribution in [2.75, 3.05) is 6.54 Å². The fraction of sp³-hybridized carbons (Fsp3) is 0.500. The molecule has 2 rings (SSSR count). The van der Waals surface area contributed by atoms with Crippen molar-refractivity contribution in [3.05, 3.63) is 21.9 Å². The molecule has 1 fully saturated rings. The van der Waals surface area contributed by atoms with Gasteiger partial charge in [0.1, 0.15) is 0 Å². The second-order valence-electron chi connectivity index (χ2n) is 5.84. The molecule has 1 aromatic heterocycles. The molecule has 4 nitrogen and oxygen atoms in total. The molecular formula is C16H20N2O2S. The summed E-state index contributed by atoms with van der Waals surface area (Å²) in [6, 6.07) is 1.92. The van der Waals surface area contributed by atoms with Crippen LogP contribution in [-0.2, 0) is 16.1 Å². The molecule has 0 bridgehead atoms. The maximum atomic E-state index is 12.5. The van der Waals surface area contributed by atoms with Crippen LogP contribution in [0, 0.1) is 23.2 Å². The zero-order valence-electron chi connectivity index (χ0n) is 12.6. The molecule has 112 valence electrons. The average molecular weight is 304 g/mol. The van der Waals surface area contributed by atoms with Crippen LogP contribution in [0.4, 0.5) is 0 Å². The summed E-state index contributed by atoms with van der Waals surface area (Å²) in [4.78, 5) is 27.0. The first kappa shape index (κ1) is 15.7. The Bertz CT molecular complexity index is 624. The van der Waals surface area contributed by atoms with E-state index in [-0.39, 0.29) is 17.7 Å². The Morgan fingerprint density at radius 1 is 1.48 bits per heavy atom. The molecule has 2 amide bonds. The number of carbonyl (C=O) groups excluding carboxylic acids is 2. The number of carbonyl (C=O) groups is 2. The molecule has 2 heterocycles. The van der Waals surface area contributed by atoms with Gasteiger partial charge in [0.05, 0.1) is 18.5 Å². The molecule has 2 N–H and O–H groups in total. The second kappa shape index (κ2) is 6.00. The Hall–Kier alpha value is -1.64. The largest absolute Gasteiger partial charge is 0.320 e. The van der Waals surface area contributed by atoms with E-state index in [4.69, 9.17) is 5.73 Å². The maximum Gasteiger partial charge on any atom is 0.236 e. The van der Waals surface area contributed by atoms with E-state index in [1.54, 1.807) is 0 Å². The number of rotatable bonds is 3. The Kier molecular flexibility index (Phi) is 4.50. The van der Waals surface area contributed by atoms with Gasteiger partial charge in [-0.05, 0) is 18.9 Å². The summed E-state index contributed by atoms with van der Waals surface area (Å²) in [6.45, 7) is 6.51. The van der Waals surface area contributed by atoms with Crippen molar-refractivity contribution in [3.63, 3.8) is 0 Å². The molecule has 1 atom stereocenters. The highest BCUT2D eigenvalue weighted by molar-refractivity contribution is 7.10. The Morgan fingerprint density at radius 2 is 2.19 bits per heavy atom. The summed E-state index contributed by atoms with van der Waals surface area (Å²) in [5.74, 6) is 5.75. The van der Waals surface area contributed by atoms with Crippen LogP contribution in [0.3, 0.4) is 0 Å². The summed E-state index contributed by atoms with van der Waals surface area (Å²) in [5, 5.41) is 1.92. The number of likely N-dealkylation sites (tertiary alicyclic amines) is 1. The lowest BCUT2D eigenvalue weighted by molar-refractivity contribution is -0.142. The molecule has 0 saturated carbocycles. The number of amides is 2. The van der Waals surface area contributed by atoms with E-state index in [0.717, 1.165) is 10.4 Å². The average Bonchev–Trinajstić information content (AvgIpc) is 2.96. The van der Waals surface area contributed by atoms with E-state index < -0.39 is 5.41 Å². The van der Waals surface area contributed by atoms with Gasteiger partial charge in [-0.25, -0.2) is 0 Å². The van der Waals surface area contributed by atoms with Crippen LogP contribution in [0.5, 0.6) is 0 Å². The third kappa shape index (κ3) is 3.02. The van der Waals surface area contributed by atoms with E-state index in [9.17, 15) is 9.59 Å². The Labute approximate surface area is 129 Å². The molecule has 1 unspecified atom stereocenters. The molecule has 1 aliphatic rings. The fourth-order valence-corrected chi connectivity index (χ4v) is 3.16. The molecular weight excluding hydrogens is 284 g/mol. The summed E-state index contributed by atoms with van der Waals surface area (Å²) in [7, 11) is 0. The summed E-state index contributed by atoms with van der Waals surface area (Å²) in [6.07, 6.45) is 0.300. The smallest absolute Gasteiger partial charge is 0.236 e. The predicted octanol–water partition coefficient (Wildman–Crippen LogP) is 1.98. The Morgan fingerprint density at radius 3 is 2.76 bits per heavy atom. The number of nitrogens with two attached hydrogens (primary N) is 1. The van der Waals surface area contributed by atoms with Crippen LogP contribution in [-0.4, -0.2) is 23.3 Å². The van der Waals surface area contributed by atoms with Gasteiger partial charge in [0.2, 0.25) is 11.8 Å². The molecule has 1 aromatic rings. The SMILES string of the molecule is CC(C)C1(C)CC(=O)N(Cc2cc(C#CCN)cs2)C1=O. The summed E-state index contributed by atoms with van der Waals surface area (Å²) in [5.41, 5.74) is 5.65. The zero-order chi connectivity index (χ0) is 15.6.